The lowest BCUT2D eigenvalue weighted by Crippen LogP contribution is -2.35. The molecule has 108 valence electrons. The molecule has 0 fully saturated rings. The van der Waals surface area contributed by atoms with Crippen LogP contribution in [0.25, 0.3) is 0 Å². The number of rotatable bonds is 9. The third-order valence-electron chi connectivity index (χ3n) is 3.00. The first-order chi connectivity index (χ1) is 9.15. The van der Waals surface area contributed by atoms with Gasteiger partial charge in [0, 0.05) is 12.6 Å². The summed E-state index contributed by atoms with van der Waals surface area (Å²) in [6.45, 7) is 4.77. The van der Waals surface area contributed by atoms with Crippen molar-refractivity contribution in [1.29, 1.82) is 0 Å². The fourth-order valence-corrected chi connectivity index (χ4v) is 1.93. The van der Waals surface area contributed by atoms with Crippen molar-refractivity contribution < 1.29 is 4.79 Å². The molecule has 0 radical (unpaired) electrons. The molecule has 1 aromatic rings. The molecule has 0 spiro atoms. The molecule has 0 aromatic carbocycles. The Morgan fingerprint density at radius 1 is 1.47 bits per heavy atom. The van der Waals surface area contributed by atoms with Crippen LogP contribution in [0.3, 0.4) is 0 Å². The predicted octanol–water partition coefficient (Wildman–Crippen LogP) is 1.21. The zero-order valence-corrected chi connectivity index (χ0v) is 11.9. The van der Waals surface area contributed by atoms with Crippen molar-refractivity contribution in [3.8, 4) is 0 Å². The first-order valence-electron chi connectivity index (χ1n) is 7.04. The lowest BCUT2D eigenvalue weighted by molar-refractivity contribution is -0.122. The Kier molecular flexibility index (Phi) is 7.10. The second-order valence-electron chi connectivity index (χ2n) is 4.93. The van der Waals surface area contributed by atoms with Gasteiger partial charge in [0.1, 0.15) is 6.54 Å². The minimum absolute atomic E-state index is 0.0311. The SMILES string of the molecule is CCCCCCC(C)NC(=O)Cn1cc(CN)nn1. The molecule has 1 aromatic heterocycles. The van der Waals surface area contributed by atoms with E-state index < -0.39 is 0 Å². The second-order valence-corrected chi connectivity index (χ2v) is 4.93. The number of aromatic nitrogens is 3. The monoisotopic (exact) mass is 267 g/mol. The Hall–Kier alpha value is -1.43. The third kappa shape index (κ3) is 6.33. The van der Waals surface area contributed by atoms with E-state index in [1.54, 1.807) is 6.20 Å². The molecule has 1 heterocycles. The largest absolute Gasteiger partial charge is 0.352 e. The summed E-state index contributed by atoms with van der Waals surface area (Å²) in [5, 5.41) is 10.7. The van der Waals surface area contributed by atoms with E-state index in [2.05, 4.69) is 22.6 Å². The lowest BCUT2D eigenvalue weighted by atomic mass is 10.1. The van der Waals surface area contributed by atoms with Gasteiger partial charge in [0.05, 0.1) is 11.9 Å². The van der Waals surface area contributed by atoms with E-state index in [4.69, 9.17) is 5.73 Å². The number of carbonyl (C=O) groups is 1. The summed E-state index contributed by atoms with van der Waals surface area (Å²) in [5.74, 6) is -0.0311. The van der Waals surface area contributed by atoms with Crippen LogP contribution in [0, 0.1) is 0 Å². The Labute approximate surface area is 114 Å². The van der Waals surface area contributed by atoms with Gasteiger partial charge in [-0.2, -0.15) is 0 Å². The minimum Gasteiger partial charge on any atom is -0.352 e. The highest BCUT2D eigenvalue weighted by atomic mass is 16.2. The smallest absolute Gasteiger partial charge is 0.242 e. The first-order valence-corrected chi connectivity index (χ1v) is 7.04. The van der Waals surface area contributed by atoms with Crippen molar-refractivity contribution in [2.24, 2.45) is 5.73 Å². The van der Waals surface area contributed by atoms with Crippen LogP contribution in [-0.4, -0.2) is 26.9 Å². The Balaban J connectivity index is 2.22. The van der Waals surface area contributed by atoms with E-state index in [1.807, 2.05) is 6.92 Å². The average molecular weight is 267 g/mol. The zero-order chi connectivity index (χ0) is 14.1. The standard InChI is InChI=1S/C13H25N5O/c1-3-4-5-6-7-11(2)15-13(19)10-18-9-12(8-14)16-17-18/h9,11H,3-8,10,14H2,1-2H3,(H,15,19). The van der Waals surface area contributed by atoms with Gasteiger partial charge in [0.25, 0.3) is 0 Å². The fraction of sp³-hybridized carbons (Fsp3) is 0.769. The molecule has 1 atom stereocenters. The molecule has 0 bridgehead atoms. The quantitative estimate of drug-likeness (QED) is 0.659. The maximum Gasteiger partial charge on any atom is 0.242 e. The van der Waals surface area contributed by atoms with E-state index >= 15 is 0 Å². The summed E-state index contributed by atoms with van der Waals surface area (Å²) in [6, 6.07) is 0.210. The molecule has 0 aliphatic carbocycles. The number of nitrogens with zero attached hydrogens (tertiary/aromatic N) is 3. The molecule has 1 rings (SSSR count). The van der Waals surface area contributed by atoms with Gasteiger partial charge < -0.3 is 11.1 Å². The van der Waals surface area contributed by atoms with Crippen molar-refractivity contribution in [1.82, 2.24) is 20.3 Å². The molecular weight excluding hydrogens is 242 g/mol. The Morgan fingerprint density at radius 2 is 2.26 bits per heavy atom. The van der Waals surface area contributed by atoms with Gasteiger partial charge in [-0.1, -0.05) is 37.8 Å². The number of unbranched alkanes of at least 4 members (excludes halogenated alkanes) is 3. The lowest BCUT2D eigenvalue weighted by Gasteiger charge is -2.13. The van der Waals surface area contributed by atoms with Crippen LogP contribution in [0.15, 0.2) is 6.20 Å². The van der Waals surface area contributed by atoms with Crippen molar-refractivity contribution in [2.75, 3.05) is 0 Å². The fourth-order valence-electron chi connectivity index (χ4n) is 1.93. The van der Waals surface area contributed by atoms with Crippen LogP contribution in [0.5, 0.6) is 0 Å². The van der Waals surface area contributed by atoms with Gasteiger partial charge in [-0.15, -0.1) is 5.10 Å². The topological polar surface area (TPSA) is 85.8 Å². The first kappa shape index (κ1) is 15.6. The summed E-state index contributed by atoms with van der Waals surface area (Å²) < 4.78 is 1.52. The molecule has 0 aliphatic heterocycles. The van der Waals surface area contributed by atoms with Gasteiger partial charge in [-0.05, 0) is 13.3 Å². The summed E-state index contributed by atoms with van der Waals surface area (Å²) >= 11 is 0. The van der Waals surface area contributed by atoms with Crippen LogP contribution in [0.2, 0.25) is 0 Å². The van der Waals surface area contributed by atoms with Crippen LogP contribution < -0.4 is 11.1 Å². The van der Waals surface area contributed by atoms with E-state index in [9.17, 15) is 4.79 Å². The molecule has 19 heavy (non-hydrogen) atoms. The third-order valence-corrected chi connectivity index (χ3v) is 3.00. The molecular formula is C13H25N5O. The van der Waals surface area contributed by atoms with Crippen molar-refractivity contribution in [3.63, 3.8) is 0 Å². The number of nitrogens with one attached hydrogen (secondary N) is 1. The maximum absolute atomic E-state index is 11.8. The Morgan fingerprint density at radius 3 is 2.89 bits per heavy atom. The molecule has 0 aliphatic rings. The number of hydrogen-bond donors (Lipinski definition) is 2. The number of hydrogen-bond acceptors (Lipinski definition) is 4. The van der Waals surface area contributed by atoms with Gasteiger partial charge in [-0.25, -0.2) is 4.68 Å². The van der Waals surface area contributed by atoms with E-state index in [-0.39, 0.29) is 18.5 Å². The summed E-state index contributed by atoms with van der Waals surface area (Å²) in [6.07, 6.45) is 7.62. The van der Waals surface area contributed by atoms with Crippen LogP contribution in [0.1, 0.15) is 51.6 Å². The molecule has 6 nitrogen and oxygen atoms in total. The van der Waals surface area contributed by atoms with Crippen LogP contribution >= 0.6 is 0 Å². The summed E-state index contributed by atoms with van der Waals surface area (Å²) in [4.78, 5) is 11.8. The maximum atomic E-state index is 11.8. The molecule has 0 saturated carbocycles. The zero-order valence-electron chi connectivity index (χ0n) is 11.9. The van der Waals surface area contributed by atoms with E-state index in [0.29, 0.717) is 12.2 Å². The van der Waals surface area contributed by atoms with Gasteiger partial charge in [0.15, 0.2) is 0 Å². The minimum atomic E-state index is -0.0311. The predicted molar refractivity (Wildman–Crippen MR) is 74.3 cm³/mol. The number of amides is 1. The number of carbonyl (C=O) groups excluding carboxylic acids is 1. The highest BCUT2D eigenvalue weighted by Crippen LogP contribution is 2.05. The van der Waals surface area contributed by atoms with Crippen LogP contribution in [0.4, 0.5) is 0 Å². The highest BCUT2D eigenvalue weighted by molar-refractivity contribution is 5.75. The van der Waals surface area contributed by atoms with E-state index in [0.717, 1.165) is 12.8 Å². The van der Waals surface area contributed by atoms with E-state index in [1.165, 1.54) is 23.9 Å². The van der Waals surface area contributed by atoms with Crippen molar-refractivity contribution >= 4 is 5.91 Å². The van der Waals surface area contributed by atoms with Crippen LogP contribution in [-0.2, 0) is 17.9 Å². The van der Waals surface area contributed by atoms with Crippen molar-refractivity contribution in [2.45, 2.75) is 65.1 Å². The Bertz CT molecular complexity index is 377. The van der Waals surface area contributed by atoms with Gasteiger partial charge >= 0.3 is 0 Å². The molecule has 1 unspecified atom stereocenters. The number of nitrogens with two attached hydrogens (primary N) is 1. The summed E-state index contributed by atoms with van der Waals surface area (Å²) in [5.41, 5.74) is 6.13. The van der Waals surface area contributed by atoms with Gasteiger partial charge in [-0.3, -0.25) is 4.79 Å². The summed E-state index contributed by atoms with van der Waals surface area (Å²) in [7, 11) is 0. The molecule has 1 amide bonds. The highest BCUT2D eigenvalue weighted by Gasteiger charge is 2.09. The second kappa shape index (κ2) is 8.63. The van der Waals surface area contributed by atoms with Gasteiger partial charge in [0.2, 0.25) is 5.91 Å². The molecule has 3 N–H and O–H groups in total. The average Bonchev–Trinajstić information content (AvgIpc) is 2.82. The molecule has 0 saturated heterocycles. The normalized spacial score (nSPS) is 12.4. The van der Waals surface area contributed by atoms with Crippen molar-refractivity contribution in [3.05, 3.63) is 11.9 Å². The molecule has 6 heteroatoms.